The van der Waals surface area contributed by atoms with Gasteiger partial charge in [0.15, 0.2) is 9.34 Å². The van der Waals surface area contributed by atoms with Crippen molar-refractivity contribution in [1.29, 1.82) is 0 Å². The molecular weight excluding hydrogens is 260 g/mol. The summed E-state index contributed by atoms with van der Waals surface area (Å²) < 4.78 is 22.2. The SMILES string of the molecule is CCN(CC)CCNc1ncc(S(N)(=O)=O)s1. The van der Waals surface area contributed by atoms with Gasteiger partial charge in [-0.05, 0) is 13.1 Å². The average Bonchev–Trinajstić information content (AvgIpc) is 2.73. The molecule has 98 valence electrons. The fraction of sp³-hybridized carbons (Fsp3) is 0.667. The van der Waals surface area contributed by atoms with Gasteiger partial charge < -0.3 is 10.2 Å². The zero-order valence-electron chi connectivity index (χ0n) is 10.0. The van der Waals surface area contributed by atoms with Crippen LogP contribution in [0.15, 0.2) is 10.4 Å². The van der Waals surface area contributed by atoms with Crippen LogP contribution >= 0.6 is 11.3 Å². The molecule has 0 amide bonds. The van der Waals surface area contributed by atoms with E-state index < -0.39 is 10.0 Å². The van der Waals surface area contributed by atoms with Crippen LogP contribution in [0.1, 0.15) is 13.8 Å². The van der Waals surface area contributed by atoms with Gasteiger partial charge in [0.05, 0.1) is 6.20 Å². The topological polar surface area (TPSA) is 88.3 Å². The molecule has 0 radical (unpaired) electrons. The summed E-state index contributed by atoms with van der Waals surface area (Å²) >= 11 is 1.05. The summed E-state index contributed by atoms with van der Waals surface area (Å²) in [6.07, 6.45) is 1.28. The van der Waals surface area contributed by atoms with Crippen molar-refractivity contribution in [1.82, 2.24) is 9.88 Å². The van der Waals surface area contributed by atoms with Crippen LogP contribution in [-0.4, -0.2) is 44.5 Å². The van der Waals surface area contributed by atoms with E-state index in [0.717, 1.165) is 37.5 Å². The number of likely N-dealkylation sites (N-methyl/N-ethyl adjacent to an activating group) is 1. The first kappa shape index (κ1) is 14.4. The van der Waals surface area contributed by atoms with E-state index in [9.17, 15) is 8.42 Å². The molecule has 3 N–H and O–H groups in total. The van der Waals surface area contributed by atoms with Crippen molar-refractivity contribution < 1.29 is 8.42 Å². The van der Waals surface area contributed by atoms with Crippen molar-refractivity contribution >= 4 is 26.5 Å². The molecule has 8 heteroatoms. The molecule has 0 saturated heterocycles. The summed E-state index contributed by atoms with van der Waals surface area (Å²) in [7, 11) is -3.63. The van der Waals surface area contributed by atoms with E-state index >= 15 is 0 Å². The average molecular weight is 278 g/mol. The number of aromatic nitrogens is 1. The lowest BCUT2D eigenvalue weighted by molar-refractivity contribution is 0.316. The number of anilines is 1. The minimum absolute atomic E-state index is 0.0860. The highest BCUT2D eigenvalue weighted by Gasteiger charge is 2.12. The molecule has 0 spiro atoms. The molecule has 6 nitrogen and oxygen atoms in total. The van der Waals surface area contributed by atoms with E-state index in [1.807, 2.05) is 0 Å². The Hall–Kier alpha value is -0.700. The zero-order chi connectivity index (χ0) is 12.9. The van der Waals surface area contributed by atoms with Gasteiger partial charge >= 0.3 is 0 Å². The van der Waals surface area contributed by atoms with Crippen LogP contribution < -0.4 is 10.5 Å². The Kier molecular flexibility index (Phi) is 5.31. The van der Waals surface area contributed by atoms with Crippen LogP contribution in [0, 0.1) is 0 Å². The molecule has 1 aromatic rings. The number of nitrogens with two attached hydrogens (primary N) is 1. The highest BCUT2D eigenvalue weighted by atomic mass is 32.2. The van der Waals surface area contributed by atoms with Crippen molar-refractivity contribution in [2.24, 2.45) is 5.14 Å². The number of nitrogens with one attached hydrogen (secondary N) is 1. The third-order valence-electron chi connectivity index (χ3n) is 2.36. The highest BCUT2D eigenvalue weighted by molar-refractivity contribution is 7.91. The monoisotopic (exact) mass is 278 g/mol. The van der Waals surface area contributed by atoms with Gasteiger partial charge in [-0.2, -0.15) is 0 Å². The second-order valence-electron chi connectivity index (χ2n) is 3.48. The third kappa shape index (κ3) is 4.58. The first-order chi connectivity index (χ1) is 7.97. The molecular formula is C9H18N4O2S2. The lowest BCUT2D eigenvalue weighted by Crippen LogP contribution is -2.28. The summed E-state index contributed by atoms with van der Waals surface area (Å²) in [5.74, 6) is 0. The van der Waals surface area contributed by atoms with Crippen molar-refractivity contribution in [3.05, 3.63) is 6.20 Å². The minimum atomic E-state index is -3.63. The number of primary sulfonamides is 1. The molecule has 0 aliphatic carbocycles. The first-order valence-electron chi connectivity index (χ1n) is 5.42. The van der Waals surface area contributed by atoms with E-state index in [2.05, 4.69) is 29.0 Å². The standard InChI is InChI=1S/C9H18N4O2S2/c1-3-13(4-2)6-5-11-9-12-7-8(16-9)17(10,14)15/h7H,3-6H2,1-2H3,(H,11,12)(H2,10,14,15). The van der Waals surface area contributed by atoms with Gasteiger partial charge in [0.2, 0.25) is 10.0 Å². The summed E-state index contributed by atoms with van der Waals surface area (Å²) in [6.45, 7) is 7.84. The minimum Gasteiger partial charge on any atom is -0.360 e. The molecule has 0 aliphatic rings. The smallest absolute Gasteiger partial charge is 0.249 e. The third-order valence-corrected chi connectivity index (χ3v) is 4.73. The Bertz CT molecular complexity index is 440. The number of nitrogens with zero attached hydrogens (tertiary/aromatic N) is 2. The van der Waals surface area contributed by atoms with Crippen molar-refractivity contribution in [3.63, 3.8) is 0 Å². The van der Waals surface area contributed by atoms with Crippen molar-refractivity contribution in [3.8, 4) is 0 Å². The van der Waals surface area contributed by atoms with Gasteiger partial charge in [-0.3, -0.25) is 0 Å². The van der Waals surface area contributed by atoms with Crippen LogP contribution in [0.2, 0.25) is 0 Å². The number of hydrogen-bond acceptors (Lipinski definition) is 6. The number of sulfonamides is 1. The number of hydrogen-bond donors (Lipinski definition) is 2. The Morgan fingerprint density at radius 3 is 2.59 bits per heavy atom. The predicted molar refractivity (Wildman–Crippen MR) is 69.8 cm³/mol. The second-order valence-corrected chi connectivity index (χ2v) is 6.30. The largest absolute Gasteiger partial charge is 0.360 e. The molecule has 0 fully saturated rings. The molecule has 1 rings (SSSR count). The Morgan fingerprint density at radius 1 is 1.47 bits per heavy atom. The molecule has 0 aliphatic heterocycles. The quantitative estimate of drug-likeness (QED) is 0.760. The van der Waals surface area contributed by atoms with E-state index in [1.165, 1.54) is 6.20 Å². The highest BCUT2D eigenvalue weighted by Crippen LogP contribution is 2.20. The number of thiazole rings is 1. The van der Waals surface area contributed by atoms with Gasteiger partial charge in [0, 0.05) is 13.1 Å². The van der Waals surface area contributed by atoms with E-state index in [0.29, 0.717) is 5.13 Å². The van der Waals surface area contributed by atoms with Gasteiger partial charge in [0.25, 0.3) is 0 Å². The van der Waals surface area contributed by atoms with Gasteiger partial charge in [-0.15, -0.1) is 0 Å². The lowest BCUT2D eigenvalue weighted by Gasteiger charge is -2.17. The Morgan fingerprint density at radius 2 is 2.12 bits per heavy atom. The molecule has 0 atom stereocenters. The van der Waals surface area contributed by atoms with E-state index in [4.69, 9.17) is 5.14 Å². The lowest BCUT2D eigenvalue weighted by atomic mass is 10.5. The van der Waals surface area contributed by atoms with Crippen molar-refractivity contribution in [2.75, 3.05) is 31.5 Å². The molecule has 0 bridgehead atoms. The normalized spacial score (nSPS) is 12.0. The van der Waals surface area contributed by atoms with Crippen LogP contribution in [0.25, 0.3) is 0 Å². The first-order valence-corrected chi connectivity index (χ1v) is 7.78. The van der Waals surface area contributed by atoms with Gasteiger partial charge in [0.1, 0.15) is 0 Å². The molecule has 0 saturated carbocycles. The van der Waals surface area contributed by atoms with E-state index in [-0.39, 0.29) is 4.21 Å². The summed E-state index contributed by atoms with van der Waals surface area (Å²) in [4.78, 5) is 6.23. The predicted octanol–water partition coefficient (Wildman–Crippen LogP) is 0.544. The maximum atomic E-state index is 11.0. The Labute approximate surface area is 106 Å². The fourth-order valence-electron chi connectivity index (χ4n) is 1.33. The van der Waals surface area contributed by atoms with Crippen LogP contribution in [-0.2, 0) is 10.0 Å². The zero-order valence-corrected chi connectivity index (χ0v) is 11.6. The van der Waals surface area contributed by atoms with Gasteiger partial charge in [-0.25, -0.2) is 18.5 Å². The van der Waals surface area contributed by atoms with E-state index in [1.54, 1.807) is 0 Å². The molecule has 1 heterocycles. The van der Waals surface area contributed by atoms with Gasteiger partial charge in [-0.1, -0.05) is 25.2 Å². The summed E-state index contributed by atoms with van der Waals surface area (Å²) in [5, 5.41) is 8.66. The van der Waals surface area contributed by atoms with Crippen molar-refractivity contribution in [2.45, 2.75) is 18.1 Å². The summed E-state index contributed by atoms with van der Waals surface area (Å²) in [5.41, 5.74) is 0. The second kappa shape index (κ2) is 6.29. The van der Waals surface area contributed by atoms with Crippen LogP contribution in [0.5, 0.6) is 0 Å². The number of rotatable bonds is 7. The molecule has 0 unspecified atom stereocenters. The molecule has 1 aromatic heterocycles. The molecule has 17 heavy (non-hydrogen) atoms. The van der Waals surface area contributed by atoms with Crippen LogP contribution in [0.4, 0.5) is 5.13 Å². The maximum Gasteiger partial charge on any atom is 0.249 e. The van der Waals surface area contributed by atoms with Crippen LogP contribution in [0.3, 0.4) is 0 Å². The Balaban J connectivity index is 2.46. The molecule has 0 aromatic carbocycles. The fourth-order valence-corrected chi connectivity index (χ4v) is 2.81. The summed E-state index contributed by atoms with van der Waals surface area (Å²) in [6, 6.07) is 0. The maximum absolute atomic E-state index is 11.0.